The number of benzene rings is 1. The van der Waals surface area contributed by atoms with Gasteiger partial charge in [-0.15, -0.1) is 0 Å². The molecule has 0 radical (unpaired) electrons. The number of fused-ring (bicyclic) bond motifs is 1. The molecule has 0 saturated heterocycles. The lowest BCUT2D eigenvalue weighted by molar-refractivity contribution is 0.476. The summed E-state index contributed by atoms with van der Waals surface area (Å²) < 4.78 is 3.20. The smallest absolute Gasteiger partial charge is 0.0601 e. The van der Waals surface area contributed by atoms with Crippen molar-refractivity contribution < 1.29 is 0 Å². The standard InChI is InChI=1S/C12H12BrN3/c13-10-3-1-2-9(6-10)11-7-15-16-5-4-14-8-12(11)16/h1-3,6-7,14H,4-5,8H2. The van der Waals surface area contributed by atoms with Gasteiger partial charge in [0.05, 0.1) is 18.4 Å². The van der Waals surface area contributed by atoms with Crippen molar-refractivity contribution in [2.75, 3.05) is 6.54 Å². The molecule has 0 unspecified atom stereocenters. The van der Waals surface area contributed by atoms with Crippen LogP contribution in [0.4, 0.5) is 0 Å². The predicted octanol–water partition coefficient (Wildman–Crippen LogP) is 2.42. The van der Waals surface area contributed by atoms with Crippen LogP contribution in [0.2, 0.25) is 0 Å². The summed E-state index contributed by atoms with van der Waals surface area (Å²) in [5.41, 5.74) is 3.73. The number of halogens is 1. The highest BCUT2D eigenvalue weighted by Gasteiger charge is 2.15. The second-order valence-corrected chi connectivity index (χ2v) is 4.83. The molecular formula is C12H12BrN3. The first-order valence-corrected chi connectivity index (χ1v) is 6.15. The van der Waals surface area contributed by atoms with Crippen molar-refractivity contribution >= 4 is 15.9 Å². The van der Waals surface area contributed by atoms with Gasteiger partial charge in [0.15, 0.2) is 0 Å². The third kappa shape index (κ3) is 1.68. The SMILES string of the molecule is Brc1cccc(-c2cnn3c2CNCC3)c1. The molecule has 0 spiro atoms. The third-order valence-corrected chi connectivity index (χ3v) is 3.37. The Bertz CT molecular complexity index is 519. The summed E-state index contributed by atoms with van der Waals surface area (Å²) in [7, 11) is 0. The molecule has 0 saturated carbocycles. The van der Waals surface area contributed by atoms with Crippen LogP contribution in [0.3, 0.4) is 0 Å². The number of hydrogen-bond acceptors (Lipinski definition) is 2. The van der Waals surface area contributed by atoms with E-state index in [0.717, 1.165) is 24.1 Å². The van der Waals surface area contributed by atoms with E-state index in [9.17, 15) is 0 Å². The van der Waals surface area contributed by atoms with E-state index in [2.05, 4.69) is 49.2 Å². The van der Waals surface area contributed by atoms with Gasteiger partial charge in [0.25, 0.3) is 0 Å². The Morgan fingerprint density at radius 1 is 1.38 bits per heavy atom. The lowest BCUT2D eigenvalue weighted by atomic mass is 10.1. The van der Waals surface area contributed by atoms with Gasteiger partial charge in [-0.05, 0) is 17.7 Å². The first kappa shape index (κ1) is 10.1. The molecule has 2 aromatic rings. The second kappa shape index (κ2) is 4.03. The molecule has 16 heavy (non-hydrogen) atoms. The van der Waals surface area contributed by atoms with Gasteiger partial charge in [-0.25, -0.2) is 0 Å². The second-order valence-electron chi connectivity index (χ2n) is 3.92. The molecular weight excluding hydrogens is 266 g/mol. The van der Waals surface area contributed by atoms with Gasteiger partial charge in [-0.3, -0.25) is 4.68 Å². The minimum Gasteiger partial charge on any atom is -0.309 e. The normalized spacial score (nSPS) is 14.8. The Morgan fingerprint density at radius 2 is 2.31 bits per heavy atom. The van der Waals surface area contributed by atoms with E-state index in [1.54, 1.807) is 0 Å². The van der Waals surface area contributed by atoms with E-state index in [4.69, 9.17) is 0 Å². The van der Waals surface area contributed by atoms with Gasteiger partial charge in [-0.2, -0.15) is 5.10 Å². The third-order valence-electron chi connectivity index (χ3n) is 2.88. The van der Waals surface area contributed by atoms with Crippen LogP contribution in [-0.2, 0) is 13.1 Å². The van der Waals surface area contributed by atoms with E-state index in [0.29, 0.717) is 0 Å². The van der Waals surface area contributed by atoms with Crippen LogP contribution in [-0.4, -0.2) is 16.3 Å². The minimum atomic E-state index is 0.905. The molecule has 0 amide bonds. The maximum absolute atomic E-state index is 4.42. The molecule has 1 aromatic heterocycles. The largest absolute Gasteiger partial charge is 0.309 e. The molecule has 1 aromatic carbocycles. The van der Waals surface area contributed by atoms with Crippen LogP contribution in [0, 0.1) is 0 Å². The zero-order valence-corrected chi connectivity index (χ0v) is 10.4. The molecule has 1 aliphatic rings. The maximum atomic E-state index is 4.42. The summed E-state index contributed by atoms with van der Waals surface area (Å²) in [6, 6.07) is 8.35. The van der Waals surface area contributed by atoms with E-state index >= 15 is 0 Å². The Morgan fingerprint density at radius 3 is 3.19 bits per heavy atom. The molecule has 3 rings (SSSR count). The average molecular weight is 278 g/mol. The molecule has 0 bridgehead atoms. The monoisotopic (exact) mass is 277 g/mol. The highest BCUT2D eigenvalue weighted by molar-refractivity contribution is 9.10. The summed E-state index contributed by atoms with van der Waals surface area (Å²) in [5, 5.41) is 7.80. The molecule has 2 heterocycles. The van der Waals surface area contributed by atoms with Gasteiger partial charge in [0.1, 0.15) is 0 Å². The van der Waals surface area contributed by atoms with Crippen LogP contribution >= 0.6 is 15.9 Å². The van der Waals surface area contributed by atoms with Crippen LogP contribution in [0.15, 0.2) is 34.9 Å². The quantitative estimate of drug-likeness (QED) is 0.868. The molecule has 4 heteroatoms. The van der Waals surface area contributed by atoms with Crippen molar-refractivity contribution in [3.05, 3.63) is 40.6 Å². The maximum Gasteiger partial charge on any atom is 0.0601 e. The molecule has 82 valence electrons. The number of hydrogen-bond donors (Lipinski definition) is 1. The molecule has 0 atom stereocenters. The summed E-state index contributed by atoms with van der Waals surface area (Å²) >= 11 is 3.50. The Balaban J connectivity index is 2.09. The Kier molecular flexibility index (Phi) is 2.53. The number of rotatable bonds is 1. The van der Waals surface area contributed by atoms with E-state index in [1.807, 2.05) is 12.3 Å². The lowest BCUT2D eigenvalue weighted by Crippen LogP contribution is -2.28. The van der Waals surface area contributed by atoms with Crippen molar-refractivity contribution in [2.24, 2.45) is 0 Å². The first-order valence-electron chi connectivity index (χ1n) is 5.36. The summed E-state index contributed by atoms with van der Waals surface area (Å²) in [6.07, 6.45) is 1.96. The van der Waals surface area contributed by atoms with E-state index in [1.165, 1.54) is 16.8 Å². The van der Waals surface area contributed by atoms with Crippen molar-refractivity contribution in [2.45, 2.75) is 13.1 Å². The fourth-order valence-corrected chi connectivity index (χ4v) is 2.48. The van der Waals surface area contributed by atoms with Crippen molar-refractivity contribution in [1.29, 1.82) is 0 Å². The van der Waals surface area contributed by atoms with Gasteiger partial charge < -0.3 is 5.32 Å². The Hall–Kier alpha value is -1.13. The van der Waals surface area contributed by atoms with Crippen LogP contribution in [0.1, 0.15) is 5.69 Å². The highest BCUT2D eigenvalue weighted by atomic mass is 79.9. The minimum absolute atomic E-state index is 0.905. The average Bonchev–Trinajstić information content (AvgIpc) is 2.72. The first-order chi connectivity index (χ1) is 7.84. The van der Waals surface area contributed by atoms with Crippen LogP contribution in [0.5, 0.6) is 0 Å². The fourth-order valence-electron chi connectivity index (χ4n) is 2.08. The van der Waals surface area contributed by atoms with Gasteiger partial charge in [0.2, 0.25) is 0 Å². The van der Waals surface area contributed by atoms with Crippen molar-refractivity contribution in [1.82, 2.24) is 15.1 Å². The van der Waals surface area contributed by atoms with Crippen LogP contribution < -0.4 is 5.32 Å². The molecule has 0 aliphatic carbocycles. The topological polar surface area (TPSA) is 29.9 Å². The van der Waals surface area contributed by atoms with Crippen LogP contribution in [0.25, 0.3) is 11.1 Å². The molecule has 3 nitrogen and oxygen atoms in total. The zero-order valence-electron chi connectivity index (χ0n) is 8.78. The van der Waals surface area contributed by atoms with Gasteiger partial charge in [-0.1, -0.05) is 28.1 Å². The number of nitrogens with zero attached hydrogens (tertiary/aromatic N) is 2. The summed E-state index contributed by atoms with van der Waals surface area (Å²) in [4.78, 5) is 0. The summed E-state index contributed by atoms with van der Waals surface area (Å²) in [5.74, 6) is 0. The van der Waals surface area contributed by atoms with E-state index < -0.39 is 0 Å². The predicted molar refractivity (Wildman–Crippen MR) is 67.1 cm³/mol. The van der Waals surface area contributed by atoms with Crippen molar-refractivity contribution in [3.63, 3.8) is 0 Å². The molecule has 1 N–H and O–H groups in total. The number of nitrogens with one attached hydrogen (secondary N) is 1. The van der Waals surface area contributed by atoms with Crippen molar-refractivity contribution in [3.8, 4) is 11.1 Å². The number of aromatic nitrogens is 2. The van der Waals surface area contributed by atoms with Gasteiger partial charge >= 0.3 is 0 Å². The molecule has 0 fully saturated rings. The summed E-state index contributed by atoms with van der Waals surface area (Å²) in [6.45, 7) is 2.87. The Labute approximate surface area is 103 Å². The lowest BCUT2D eigenvalue weighted by Gasteiger charge is -2.16. The van der Waals surface area contributed by atoms with E-state index in [-0.39, 0.29) is 0 Å². The fraction of sp³-hybridized carbons (Fsp3) is 0.250. The highest BCUT2D eigenvalue weighted by Crippen LogP contribution is 2.26. The molecule has 1 aliphatic heterocycles. The zero-order chi connectivity index (χ0) is 11.0. The van der Waals surface area contributed by atoms with Gasteiger partial charge in [0, 0.05) is 23.1 Å².